The molecule has 122 valence electrons. The first-order valence-corrected chi connectivity index (χ1v) is 8.78. The van der Waals surface area contributed by atoms with Crippen molar-refractivity contribution in [1.29, 1.82) is 0 Å². The van der Waals surface area contributed by atoms with E-state index in [1.54, 1.807) is 6.20 Å². The van der Waals surface area contributed by atoms with Crippen LogP contribution >= 0.6 is 0 Å². The van der Waals surface area contributed by atoms with E-state index in [0.717, 1.165) is 6.42 Å². The number of halogens is 1. The summed E-state index contributed by atoms with van der Waals surface area (Å²) < 4.78 is 0. The molecule has 0 saturated heterocycles. The lowest BCUT2D eigenvalue weighted by Crippen LogP contribution is -1.83. The van der Waals surface area contributed by atoms with Crippen LogP contribution in [-0.2, 0) is 0 Å². The lowest BCUT2D eigenvalue weighted by Gasteiger charge is -2.02. The largest absolute Gasteiger partial charge is 0.405 e. The Hall–Kier alpha value is -0.530. The van der Waals surface area contributed by atoms with Crippen LogP contribution in [0.2, 0.25) is 0 Å². The van der Waals surface area contributed by atoms with Crippen LogP contribution in [0.3, 0.4) is 0 Å². The lowest BCUT2D eigenvalue weighted by atomic mass is 10.0. The number of unbranched alkanes of at least 4 members (excludes halogenated alkanes) is 14. The van der Waals surface area contributed by atoms with Gasteiger partial charge in [0.1, 0.15) is 0 Å². The quantitative estimate of drug-likeness (QED) is 0.343. The summed E-state index contributed by atoms with van der Waals surface area (Å²) in [5, 5.41) is 0. The topological polar surface area (TPSA) is 26.0 Å². The van der Waals surface area contributed by atoms with Crippen molar-refractivity contribution < 1.29 is 4.70 Å². The Labute approximate surface area is 126 Å². The molecule has 0 aromatic heterocycles. The second-order valence-corrected chi connectivity index (χ2v) is 5.81. The molecule has 0 aliphatic rings. The monoisotopic (exact) mass is 287 g/mol. The highest BCUT2D eigenvalue weighted by molar-refractivity contribution is 4.74. The van der Waals surface area contributed by atoms with E-state index in [4.69, 9.17) is 5.73 Å². The zero-order valence-corrected chi connectivity index (χ0v) is 13.7. The van der Waals surface area contributed by atoms with Crippen molar-refractivity contribution in [1.82, 2.24) is 0 Å². The van der Waals surface area contributed by atoms with Crippen LogP contribution in [0.4, 0.5) is 4.70 Å². The minimum absolute atomic E-state index is 0. The Kier molecular flexibility index (Phi) is 22.6. The Morgan fingerprint density at radius 2 is 0.950 bits per heavy atom. The van der Waals surface area contributed by atoms with Crippen molar-refractivity contribution in [3.05, 3.63) is 12.3 Å². The fraction of sp³-hybridized carbons (Fsp3) is 0.889. The van der Waals surface area contributed by atoms with E-state index < -0.39 is 0 Å². The standard InChI is InChI=1S/C18H37N.FH/c1-2-3-4-5-6-7-8-9-10-11-12-13-14-15-16-17-18-19;/h17-18H,2-16,19H2,1H3;1H. The zero-order chi connectivity index (χ0) is 14.0. The molecule has 0 spiro atoms. The summed E-state index contributed by atoms with van der Waals surface area (Å²) in [5.74, 6) is 0. The molecule has 0 aromatic carbocycles. The molecule has 0 radical (unpaired) electrons. The molecule has 0 rings (SSSR count). The first-order chi connectivity index (χ1) is 9.41. The molecule has 0 unspecified atom stereocenters. The van der Waals surface area contributed by atoms with Crippen molar-refractivity contribution in [3.8, 4) is 0 Å². The van der Waals surface area contributed by atoms with Crippen LogP contribution in [0.1, 0.15) is 103 Å². The molecule has 0 saturated carbocycles. The van der Waals surface area contributed by atoms with E-state index in [9.17, 15) is 0 Å². The molecule has 0 atom stereocenters. The zero-order valence-electron chi connectivity index (χ0n) is 13.7. The van der Waals surface area contributed by atoms with Gasteiger partial charge in [0.2, 0.25) is 0 Å². The van der Waals surface area contributed by atoms with E-state index >= 15 is 0 Å². The maximum absolute atomic E-state index is 5.30. The first-order valence-electron chi connectivity index (χ1n) is 8.78. The maximum Gasteiger partial charge on any atom is -0.0103 e. The summed E-state index contributed by atoms with van der Waals surface area (Å²) in [4.78, 5) is 0. The maximum atomic E-state index is 5.30. The molecule has 0 aromatic rings. The van der Waals surface area contributed by atoms with E-state index in [0.29, 0.717) is 0 Å². The molecule has 0 fully saturated rings. The van der Waals surface area contributed by atoms with Crippen LogP contribution in [0.15, 0.2) is 12.3 Å². The van der Waals surface area contributed by atoms with Crippen molar-refractivity contribution in [3.63, 3.8) is 0 Å². The predicted octanol–water partition coefficient (Wildman–Crippen LogP) is 6.48. The third-order valence-corrected chi connectivity index (χ3v) is 3.86. The van der Waals surface area contributed by atoms with Crippen LogP contribution < -0.4 is 5.73 Å². The van der Waals surface area contributed by atoms with Crippen molar-refractivity contribution in [2.75, 3.05) is 0 Å². The summed E-state index contributed by atoms with van der Waals surface area (Å²) >= 11 is 0. The first kappa shape index (κ1) is 21.8. The lowest BCUT2D eigenvalue weighted by molar-refractivity contribution is 0.536. The van der Waals surface area contributed by atoms with E-state index in [-0.39, 0.29) is 4.70 Å². The number of hydrogen-bond donors (Lipinski definition) is 1. The van der Waals surface area contributed by atoms with Crippen LogP contribution in [-0.4, -0.2) is 0 Å². The number of rotatable bonds is 15. The molecular formula is C18H38FN. The van der Waals surface area contributed by atoms with Crippen molar-refractivity contribution in [2.45, 2.75) is 103 Å². The Morgan fingerprint density at radius 3 is 1.30 bits per heavy atom. The second kappa shape index (κ2) is 20.8. The summed E-state index contributed by atoms with van der Waals surface area (Å²) in [6.45, 7) is 2.29. The number of nitrogens with two attached hydrogens (primary N) is 1. The fourth-order valence-electron chi connectivity index (χ4n) is 2.55. The third-order valence-electron chi connectivity index (χ3n) is 3.86. The molecule has 0 aliphatic carbocycles. The van der Waals surface area contributed by atoms with Gasteiger partial charge < -0.3 is 5.73 Å². The molecule has 20 heavy (non-hydrogen) atoms. The minimum atomic E-state index is 0. The summed E-state index contributed by atoms with van der Waals surface area (Å²) in [6.07, 6.45) is 24.9. The van der Waals surface area contributed by atoms with Crippen LogP contribution in [0, 0.1) is 0 Å². The van der Waals surface area contributed by atoms with Gasteiger partial charge in [0, 0.05) is 0 Å². The highest BCUT2D eigenvalue weighted by Crippen LogP contribution is 2.13. The Morgan fingerprint density at radius 1 is 0.600 bits per heavy atom. The average Bonchev–Trinajstić information content (AvgIpc) is 2.43. The molecule has 0 bridgehead atoms. The van der Waals surface area contributed by atoms with Gasteiger partial charge in [-0.1, -0.05) is 96.5 Å². The van der Waals surface area contributed by atoms with Gasteiger partial charge in [-0.3, -0.25) is 4.70 Å². The van der Waals surface area contributed by atoms with Gasteiger partial charge >= 0.3 is 0 Å². The van der Waals surface area contributed by atoms with Gasteiger partial charge in [-0.2, -0.15) is 0 Å². The van der Waals surface area contributed by atoms with Crippen molar-refractivity contribution >= 4 is 0 Å². The smallest absolute Gasteiger partial charge is 0.0103 e. The average molecular weight is 288 g/mol. The third kappa shape index (κ3) is 19.8. The minimum Gasteiger partial charge on any atom is -0.405 e. The van der Waals surface area contributed by atoms with E-state index in [1.165, 1.54) is 89.9 Å². The van der Waals surface area contributed by atoms with Gasteiger partial charge in [-0.25, -0.2) is 0 Å². The van der Waals surface area contributed by atoms with Crippen LogP contribution in [0.5, 0.6) is 0 Å². The molecule has 0 aliphatic heterocycles. The van der Waals surface area contributed by atoms with Gasteiger partial charge in [-0.15, -0.1) is 0 Å². The SMILES string of the molecule is CCCCCCCCCCCCCCCCC=CN.F. The highest BCUT2D eigenvalue weighted by Gasteiger charge is 1.93. The summed E-state index contributed by atoms with van der Waals surface area (Å²) in [5.41, 5.74) is 5.30. The summed E-state index contributed by atoms with van der Waals surface area (Å²) in [7, 11) is 0. The normalized spacial score (nSPS) is 10.8. The molecule has 2 heteroatoms. The van der Waals surface area contributed by atoms with Gasteiger partial charge in [0.05, 0.1) is 0 Å². The van der Waals surface area contributed by atoms with Gasteiger partial charge in [0.15, 0.2) is 0 Å². The Balaban J connectivity index is 0. The fourth-order valence-corrected chi connectivity index (χ4v) is 2.55. The highest BCUT2D eigenvalue weighted by atomic mass is 19.0. The second-order valence-electron chi connectivity index (χ2n) is 5.81. The van der Waals surface area contributed by atoms with Crippen molar-refractivity contribution in [2.24, 2.45) is 5.73 Å². The number of hydrogen-bond acceptors (Lipinski definition) is 1. The molecule has 0 heterocycles. The molecule has 1 nitrogen and oxygen atoms in total. The predicted molar refractivity (Wildman–Crippen MR) is 90.8 cm³/mol. The molecule has 0 amide bonds. The van der Waals surface area contributed by atoms with Gasteiger partial charge in [-0.05, 0) is 19.0 Å². The van der Waals surface area contributed by atoms with Crippen LogP contribution in [0.25, 0.3) is 0 Å². The number of allylic oxidation sites excluding steroid dienone is 1. The molecular weight excluding hydrogens is 249 g/mol. The van der Waals surface area contributed by atoms with Gasteiger partial charge in [0.25, 0.3) is 0 Å². The Bertz CT molecular complexity index is 180. The molecule has 2 N–H and O–H groups in total. The van der Waals surface area contributed by atoms with E-state index in [1.807, 2.05) is 0 Å². The summed E-state index contributed by atoms with van der Waals surface area (Å²) in [6, 6.07) is 0. The van der Waals surface area contributed by atoms with E-state index in [2.05, 4.69) is 13.0 Å².